The molecular formula is C12H13N3O. The summed E-state index contributed by atoms with van der Waals surface area (Å²) in [5, 5.41) is 5.76. The van der Waals surface area contributed by atoms with Gasteiger partial charge in [-0.1, -0.05) is 0 Å². The van der Waals surface area contributed by atoms with Gasteiger partial charge in [0.1, 0.15) is 5.82 Å². The van der Waals surface area contributed by atoms with Gasteiger partial charge < -0.3 is 15.6 Å². The van der Waals surface area contributed by atoms with Crippen LogP contribution in [-0.2, 0) is 0 Å². The molecular weight excluding hydrogens is 202 g/mol. The fourth-order valence-electron chi connectivity index (χ4n) is 1.39. The summed E-state index contributed by atoms with van der Waals surface area (Å²) in [7, 11) is 1.84. The van der Waals surface area contributed by atoms with Gasteiger partial charge in [0.05, 0.1) is 0 Å². The Morgan fingerprint density at radius 3 is 2.50 bits per heavy atom. The first-order valence-corrected chi connectivity index (χ1v) is 5.02. The monoisotopic (exact) mass is 215 g/mol. The molecule has 1 aromatic heterocycles. The van der Waals surface area contributed by atoms with Gasteiger partial charge in [-0.2, -0.15) is 0 Å². The average Bonchev–Trinajstić information content (AvgIpc) is 2.82. The van der Waals surface area contributed by atoms with Crippen molar-refractivity contribution in [1.82, 2.24) is 4.98 Å². The van der Waals surface area contributed by atoms with Crippen molar-refractivity contribution in [2.75, 3.05) is 17.7 Å². The summed E-state index contributed by atoms with van der Waals surface area (Å²) in [6, 6.07) is 10.9. The molecule has 0 radical (unpaired) electrons. The molecule has 1 amide bonds. The molecule has 0 unspecified atom stereocenters. The van der Waals surface area contributed by atoms with Crippen LogP contribution in [0.4, 0.5) is 11.5 Å². The van der Waals surface area contributed by atoms with Crippen LogP contribution < -0.4 is 10.6 Å². The van der Waals surface area contributed by atoms with Gasteiger partial charge in [0.25, 0.3) is 5.91 Å². The van der Waals surface area contributed by atoms with E-state index in [0.717, 1.165) is 5.69 Å². The van der Waals surface area contributed by atoms with Gasteiger partial charge >= 0.3 is 0 Å². The maximum absolute atomic E-state index is 11.8. The Morgan fingerprint density at radius 1 is 1.19 bits per heavy atom. The zero-order valence-electron chi connectivity index (χ0n) is 8.95. The summed E-state index contributed by atoms with van der Waals surface area (Å²) in [5.41, 5.74) is 1.62. The molecule has 1 aromatic carbocycles. The summed E-state index contributed by atoms with van der Waals surface area (Å²) >= 11 is 0. The smallest absolute Gasteiger partial charge is 0.256 e. The number of hydrogen-bond donors (Lipinski definition) is 3. The largest absolute Gasteiger partial charge is 0.388 e. The van der Waals surface area contributed by atoms with E-state index in [0.29, 0.717) is 11.4 Å². The molecule has 0 aliphatic heterocycles. The van der Waals surface area contributed by atoms with Gasteiger partial charge in [-0.25, -0.2) is 0 Å². The molecule has 0 saturated carbocycles. The number of hydrogen-bond acceptors (Lipinski definition) is 2. The van der Waals surface area contributed by atoms with E-state index >= 15 is 0 Å². The molecule has 0 bridgehead atoms. The van der Waals surface area contributed by atoms with Crippen LogP contribution in [0, 0.1) is 0 Å². The Hall–Kier alpha value is -2.23. The van der Waals surface area contributed by atoms with E-state index in [-0.39, 0.29) is 5.91 Å². The molecule has 3 N–H and O–H groups in total. The van der Waals surface area contributed by atoms with Crippen molar-refractivity contribution in [2.45, 2.75) is 0 Å². The normalized spacial score (nSPS) is 9.81. The highest BCUT2D eigenvalue weighted by Gasteiger charge is 2.05. The lowest BCUT2D eigenvalue weighted by Crippen LogP contribution is -2.11. The van der Waals surface area contributed by atoms with Crippen LogP contribution >= 0.6 is 0 Å². The number of aromatic amines is 1. The van der Waals surface area contributed by atoms with Crippen LogP contribution in [0.15, 0.2) is 42.6 Å². The van der Waals surface area contributed by atoms with E-state index in [2.05, 4.69) is 15.6 Å². The molecule has 4 nitrogen and oxygen atoms in total. The highest BCUT2D eigenvalue weighted by Crippen LogP contribution is 2.10. The summed E-state index contributed by atoms with van der Waals surface area (Å²) in [6.07, 6.45) is 1.76. The third-order valence-electron chi connectivity index (χ3n) is 2.28. The highest BCUT2D eigenvalue weighted by atomic mass is 16.1. The second-order valence-electron chi connectivity index (χ2n) is 3.37. The number of aromatic nitrogens is 1. The SMILES string of the molecule is CNc1ccc(C(=O)Nc2ccc[nH]2)cc1. The van der Waals surface area contributed by atoms with Crippen molar-refractivity contribution in [1.29, 1.82) is 0 Å². The Bertz CT molecular complexity index is 460. The minimum atomic E-state index is -0.120. The molecule has 0 fully saturated rings. The Labute approximate surface area is 93.7 Å². The minimum absolute atomic E-state index is 0.120. The van der Waals surface area contributed by atoms with Crippen molar-refractivity contribution in [3.8, 4) is 0 Å². The second-order valence-corrected chi connectivity index (χ2v) is 3.37. The molecule has 0 aliphatic rings. The fraction of sp³-hybridized carbons (Fsp3) is 0.0833. The molecule has 2 rings (SSSR count). The standard InChI is InChI=1S/C12H13N3O/c1-13-10-6-4-9(5-7-10)12(16)15-11-3-2-8-14-11/h2-8,13-14H,1H3,(H,15,16). The zero-order chi connectivity index (χ0) is 11.4. The number of amides is 1. The number of carbonyl (C=O) groups is 1. The average molecular weight is 215 g/mol. The first-order chi connectivity index (χ1) is 7.79. The van der Waals surface area contributed by atoms with Crippen molar-refractivity contribution in [2.24, 2.45) is 0 Å². The highest BCUT2D eigenvalue weighted by molar-refractivity contribution is 6.03. The number of carbonyl (C=O) groups excluding carboxylic acids is 1. The van der Waals surface area contributed by atoms with Crippen LogP contribution in [0.5, 0.6) is 0 Å². The van der Waals surface area contributed by atoms with E-state index in [1.807, 2.05) is 25.2 Å². The summed E-state index contributed by atoms with van der Waals surface area (Å²) in [5.74, 6) is 0.577. The van der Waals surface area contributed by atoms with Crippen molar-refractivity contribution in [3.05, 3.63) is 48.2 Å². The van der Waals surface area contributed by atoms with Crippen LogP contribution in [0.3, 0.4) is 0 Å². The molecule has 0 spiro atoms. The van der Waals surface area contributed by atoms with E-state index in [1.54, 1.807) is 24.4 Å². The minimum Gasteiger partial charge on any atom is -0.388 e. The molecule has 16 heavy (non-hydrogen) atoms. The van der Waals surface area contributed by atoms with Crippen molar-refractivity contribution < 1.29 is 4.79 Å². The van der Waals surface area contributed by atoms with Crippen LogP contribution in [-0.4, -0.2) is 17.9 Å². The lowest BCUT2D eigenvalue weighted by molar-refractivity contribution is 0.102. The van der Waals surface area contributed by atoms with Gasteiger partial charge in [0.2, 0.25) is 0 Å². The van der Waals surface area contributed by atoms with E-state index in [9.17, 15) is 4.79 Å². The van der Waals surface area contributed by atoms with Crippen LogP contribution in [0.25, 0.3) is 0 Å². The van der Waals surface area contributed by atoms with Gasteiger partial charge in [-0.15, -0.1) is 0 Å². The second kappa shape index (κ2) is 4.53. The lowest BCUT2D eigenvalue weighted by atomic mass is 10.2. The molecule has 0 atom stereocenters. The van der Waals surface area contributed by atoms with E-state index in [1.165, 1.54) is 0 Å². The third kappa shape index (κ3) is 2.23. The molecule has 82 valence electrons. The Balaban J connectivity index is 2.09. The Kier molecular flexibility index (Phi) is 2.91. The van der Waals surface area contributed by atoms with Crippen molar-refractivity contribution >= 4 is 17.4 Å². The predicted octanol–water partition coefficient (Wildman–Crippen LogP) is 2.31. The van der Waals surface area contributed by atoms with Gasteiger partial charge in [-0.05, 0) is 36.4 Å². The molecule has 1 heterocycles. The number of H-pyrrole nitrogens is 1. The van der Waals surface area contributed by atoms with Crippen molar-refractivity contribution in [3.63, 3.8) is 0 Å². The number of nitrogens with one attached hydrogen (secondary N) is 3. The first-order valence-electron chi connectivity index (χ1n) is 5.02. The fourth-order valence-corrected chi connectivity index (χ4v) is 1.39. The maximum atomic E-state index is 11.8. The first kappa shape index (κ1) is 10.3. The molecule has 4 heteroatoms. The molecule has 2 aromatic rings. The third-order valence-corrected chi connectivity index (χ3v) is 2.28. The maximum Gasteiger partial charge on any atom is 0.256 e. The molecule has 0 aliphatic carbocycles. The van der Waals surface area contributed by atoms with Gasteiger partial charge in [-0.3, -0.25) is 4.79 Å². The van der Waals surface area contributed by atoms with Crippen LogP contribution in [0.1, 0.15) is 10.4 Å². The summed E-state index contributed by atoms with van der Waals surface area (Å²) in [4.78, 5) is 14.7. The Morgan fingerprint density at radius 2 is 1.94 bits per heavy atom. The lowest BCUT2D eigenvalue weighted by Gasteiger charge is -2.04. The van der Waals surface area contributed by atoms with Crippen LogP contribution in [0.2, 0.25) is 0 Å². The van der Waals surface area contributed by atoms with Gasteiger partial charge in [0, 0.05) is 24.5 Å². The summed E-state index contributed by atoms with van der Waals surface area (Å²) < 4.78 is 0. The number of anilines is 2. The summed E-state index contributed by atoms with van der Waals surface area (Å²) in [6.45, 7) is 0. The quantitative estimate of drug-likeness (QED) is 0.735. The zero-order valence-corrected chi connectivity index (χ0v) is 8.95. The predicted molar refractivity (Wildman–Crippen MR) is 64.7 cm³/mol. The number of rotatable bonds is 3. The van der Waals surface area contributed by atoms with E-state index < -0.39 is 0 Å². The van der Waals surface area contributed by atoms with E-state index in [4.69, 9.17) is 0 Å². The topological polar surface area (TPSA) is 56.9 Å². The number of benzene rings is 1. The van der Waals surface area contributed by atoms with Gasteiger partial charge in [0.15, 0.2) is 0 Å². The molecule has 0 saturated heterocycles.